The number of anilines is 1. The van der Waals surface area contributed by atoms with Crippen molar-refractivity contribution in [2.75, 3.05) is 12.1 Å². The minimum absolute atomic E-state index is 0.283. The third-order valence-electron chi connectivity index (χ3n) is 6.59. The van der Waals surface area contributed by atoms with Gasteiger partial charge in [0.2, 0.25) is 6.79 Å². The molecule has 0 saturated heterocycles. The first kappa shape index (κ1) is 13.6. The van der Waals surface area contributed by atoms with E-state index in [1.165, 1.54) is 19.3 Å². The first-order chi connectivity index (χ1) is 9.92. The van der Waals surface area contributed by atoms with E-state index in [2.05, 4.69) is 26.1 Å². The molecule has 114 valence electrons. The van der Waals surface area contributed by atoms with Gasteiger partial charge in [-0.3, -0.25) is 0 Å². The standard InChI is InChI=1S/C17H22ClNO2/c1-16(2)10-4-5-17(16,3)15(6-10)19-12-8-14-13(7-11(12)18)20-9-21-14/h7-8,10,15,19H,4-6,9H2,1-3H3. The predicted octanol–water partition coefficient (Wildman–Crippen LogP) is 4.70. The molecule has 1 aliphatic heterocycles. The van der Waals surface area contributed by atoms with Crippen LogP contribution in [0.5, 0.6) is 11.5 Å². The molecule has 3 nitrogen and oxygen atoms in total. The maximum Gasteiger partial charge on any atom is 0.231 e. The summed E-state index contributed by atoms with van der Waals surface area (Å²) >= 11 is 6.41. The summed E-state index contributed by atoms with van der Waals surface area (Å²) in [6.45, 7) is 7.56. The molecule has 1 aromatic carbocycles. The van der Waals surface area contributed by atoms with Crippen LogP contribution in [-0.4, -0.2) is 12.8 Å². The van der Waals surface area contributed by atoms with Crippen LogP contribution in [0.25, 0.3) is 0 Å². The van der Waals surface area contributed by atoms with Crippen LogP contribution in [0.4, 0.5) is 5.69 Å². The SMILES string of the molecule is CC1(C)C2CCC1(C)C(Nc1cc3c(cc1Cl)OCO3)C2. The maximum atomic E-state index is 6.41. The Bertz CT molecular complexity index is 601. The van der Waals surface area contributed by atoms with E-state index in [9.17, 15) is 0 Å². The number of ether oxygens (including phenoxy) is 2. The summed E-state index contributed by atoms with van der Waals surface area (Å²) in [5.74, 6) is 2.34. The van der Waals surface area contributed by atoms with E-state index in [4.69, 9.17) is 21.1 Å². The molecular formula is C17H22ClNO2. The van der Waals surface area contributed by atoms with Crippen molar-refractivity contribution in [3.05, 3.63) is 17.2 Å². The molecule has 0 amide bonds. The summed E-state index contributed by atoms with van der Waals surface area (Å²) in [7, 11) is 0. The molecule has 0 spiro atoms. The molecule has 4 rings (SSSR count). The van der Waals surface area contributed by atoms with Crippen molar-refractivity contribution in [2.45, 2.75) is 46.1 Å². The molecule has 0 radical (unpaired) electrons. The van der Waals surface area contributed by atoms with Gasteiger partial charge in [-0.2, -0.15) is 0 Å². The second-order valence-electron chi connectivity index (χ2n) is 7.49. The van der Waals surface area contributed by atoms with Crippen LogP contribution < -0.4 is 14.8 Å². The lowest BCUT2D eigenvalue weighted by Gasteiger charge is -2.40. The Kier molecular flexibility index (Phi) is 2.73. The number of hydrogen-bond acceptors (Lipinski definition) is 3. The minimum Gasteiger partial charge on any atom is -0.454 e. The Balaban J connectivity index is 1.63. The monoisotopic (exact) mass is 307 g/mol. The van der Waals surface area contributed by atoms with E-state index in [-0.39, 0.29) is 6.79 Å². The largest absolute Gasteiger partial charge is 0.454 e. The first-order valence-corrected chi connectivity index (χ1v) is 8.15. The molecule has 4 heteroatoms. The zero-order valence-electron chi connectivity index (χ0n) is 12.8. The molecule has 1 N–H and O–H groups in total. The number of benzene rings is 1. The first-order valence-electron chi connectivity index (χ1n) is 7.77. The van der Waals surface area contributed by atoms with E-state index in [0.717, 1.165) is 23.1 Å². The van der Waals surface area contributed by atoms with Crippen molar-refractivity contribution >= 4 is 17.3 Å². The van der Waals surface area contributed by atoms with Crippen LogP contribution in [0.3, 0.4) is 0 Å². The van der Waals surface area contributed by atoms with Crippen molar-refractivity contribution in [1.29, 1.82) is 0 Å². The van der Waals surface area contributed by atoms with Crippen LogP contribution in [0, 0.1) is 16.7 Å². The zero-order chi connectivity index (χ0) is 14.8. The van der Waals surface area contributed by atoms with Gasteiger partial charge in [0.05, 0.1) is 10.7 Å². The Hall–Kier alpha value is -1.09. The van der Waals surface area contributed by atoms with Crippen molar-refractivity contribution < 1.29 is 9.47 Å². The van der Waals surface area contributed by atoms with Gasteiger partial charge < -0.3 is 14.8 Å². The maximum absolute atomic E-state index is 6.41. The van der Waals surface area contributed by atoms with Gasteiger partial charge in [0, 0.05) is 18.2 Å². The normalized spacial score (nSPS) is 35.2. The molecule has 2 fully saturated rings. The highest BCUT2D eigenvalue weighted by molar-refractivity contribution is 6.33. The van der Waals surface area contributed by atoms with E-state index < -0.39 is 0 Å². The summed E-state index contributed by atoms with van der Waals surface area (Å²) in [4.78, 5) is 0. The third-order valence-corrected chi connectivity index (χ3v) is 6.90. The summed E-state index contributed by atoms with van der Waals surface area (Å²) < 4.78 is 10.8. The fourth-order valence-electron chi connectivity index (χ4n) is 4.64. The summed E-state index contributed by atoms with van der Waals surface area (Å²) in [5, 5.41) is 4.41. The fraction of sp³-hybridized carbons (Fsp3) is 0.647. The highest BCUT2D eigenvalue weighted by atomic mass is 35.5. The van der Waals surface area contributed by atoms with E-state index in [0.29, 0.717) is 21.9 Å². The molecule has 3 unspecified atom stereocenters. The van der Waals surface area contributed by atoms with Crippen molar-refractivity contribution in [3.63, 3.8) is 0 Å². The van der Waals surface area contributed by atoms with Gasteiger partial charge in [0.25, 0.3) is 0 Å². The fourth-order valence-corrected chi connectivity index (χ4v) is 4.85. The molecule has 21 heavy (non-hydrogen) atoms. The lowest BCUT2D eigenvalue weighted by molar-refractivity contribution is 0.142. The molecule has 3 atom stereocenters. The zero-order valence-corrected chi connectivity index (χ0v) is 13.6. The topological polar surface area (TPSA) is 30.5 Å². The minimum atomic E-state index is 0.283. The average Bonchev–Trinajstić information content (AvgIpc) is 3.01. The van der Waals surface area contributed by atoms with Crippen molar-refractivity contribution in [2.24, 2.45) is 16.7 Å². The molecule has 2 aliphatic carbocycles. The number of fused-ring (bicyclic) bond motifs is 3. The summed E-state index contributed by atoms with van der Waals surface area (Å²) in [6, 6.07) is 4.31. The molecular weight excluding hydrogens is 286 g/mol. The van der Waals surface area contributed by atoms with Gasteiger partial charge in [0.15, 0.2) is 11.5 Å². The third kappa shape index (κ3) is 1.73. The Morgan fingerprint density at radius 2 is 1.90 bits per heavy atom. The number of nitrogens with one attached hydrogen (secondary N) is 1. The van der Waals surface area contributed by atoms with E-state index in [1.807, 2.05) is 12.1 Å². The van der Waals surface area contributed by atoms with Gasteiger partial charge in [-0.1, -0.05) is 32.4 Å². The van der Waals surface area contributed by atoms with E-state index >= 15 is 0 Å². The predicted molar refractivity (Wildman–Crippen MR) is 84.2 cm³/mol. The Morgan fingerprint density at radius 3 is 2.52 bits per heavy atom. The second kappa shape index (κ2) is 4.22. The van der Waals surface area contributed by atoms with Crippen LogP contribution in [0.1, 0.15) is 40.0 Å². The highest BCUT2D eigenvalue weighted by Gasteiger charge is 2.61. The van der Waals surface area contributed by atoms with Crippen LogP contribution in [0.15, 0.2) is 12.1 Å². The second-order valence-corrected chi connectivity index (χ2v) is 7.90. The van der Waals surface area contributed by atoms with Crippen LogP contribution in [0.2, 0.25) is 5.02 Å². The molecule has 2 bridgehead atoms. The Morgan fingerprint density at radius 1 is 1.19 bits per heavy atom. The molecule has 2 saturated carbocycles. The van der Waals surface area contributed by atoms with Crippen molar-refractivity contribution in [3.8, 4) is 11.5 Å². The van der Waals surface area contributed by atoms with Gasteiger partial charge in [-0.15, -0.1) is 0 Å². The van der Waals surface area contributed by atoms with Crippen LogP contribution >= 0.6 is 11.6 Å². The highest BCUT2D eigenvalue weighted by Crippen LogP contribution is 2.66. The smallest absolute Gasteiger partial charge is 0.231 e. The van der Waals surface area contributed by atoms with Gasteiger partial charge in [-0.25, -0.2) is 0 Å². The Labute approximate surface area is 131 Å². The average molecular weight is 308 g/mol. The lowest BCUT2D eigenvalue weighted by atomic mass is 9.69. The number of rotatable bonds is 2. The molecule has 1 aromatic rings. The number of hydrogen-bond donors (Lipinski definition) is 1. The quantitative estimate of drug-likeness (QED) is 0.859. The van der Waals surface area contributed by atoms with Crippen LogP contribution in [-0.2, 0) is 0 Å². The van der Waals surface area contributed by atoms with Gasteiger partial charge in [0.1, 0.15) is 0 Å². The summed E-state index contributed by atoms with van der Waals surface area (Å²) in [6.07, 6.45) is 3.88. The van der Waals surface area contributed by atoms with E-state index in [1.54, 1.807) is 0 Å². The number of halogens is 1. The summed E-state index contributed by atoms with van der Waals surface area (Å²) in [5.41, 5.74) is 1.70. The van der Waals surface area contributed by atoms with Gasteiger partial charge >= 0.3 is 0 Å². The lowest BCUT2D eigenvalue weighted by Crippen LogP contribution is -2.40. The molecule has 1 heterocycles. The van der Waals surface area contributed by atoms with Gasteiger partial charge in [-0.05, 0) is 36.0 Å². The molecule has 0 aromatic heterocycles. The molecule has 3 aliphatic rings. The van der Waals surface area contributed by atoms with Crippen molar-refractivity contribution in [1.82, 2.24) is 0 Å².